The van der Waals surface area contributed by atoms with E-state index in [1.54, 1.807) is 54.6 Å². The van der Waals surface area contributed by atoms with Crippen LogP contribution in [0.25, 0.3) is 0 Å². The minimum Gasteiger partial charge on any atom is -0.456 e. The van der Waals surface area contributed by atoms with Gasteiger partial charge in [-0.2, -0.15) is 0 Å². The molecule has 0 heterocycles. The maximum absolute atomic E-state index is 12.2. The van der Waals surface area contributed by atoms with E-state index in [1.165, 1.54) is 6.92 Å². The predicted molar refractivity (Wildman–Crippen MR) is 109 cm³/mol. The van der Waals surface area contributed by atoms with E-state index in [9.17, 15) is 19.2 Å². The molecular formula is C22H24N2O5. The maximum Gasteiger partial charge on any atom is 0.328 e. The second-order valence-electron chi connectivity index (χ2n) is 6.47. The fraction of sp³-hybridized carbons (Fsp3) is 0.273. The first-order chi connectivity index (χ1) is 13.9. The minimum absolute atomic E-state index is 0.0907. The number of ether oxygens (including phenoxy) is 1. The van der Waals surface area contributed by atoms with Gasteiger partial charge in [0.05, 0.1) is 0 Å². The topological polar surface area (TPSA) is 102 Å². The molecule has 7 heteroatoms. The van der Waals surface area contributed by atoms with E-state index in [0.717, 1.165) is 6.42 Å². The molecular weight excluding hydrogens is 372 g/mol. The molecule has 0 unspecified atom stereocenters. The molecule has 2 aromatic carbocycles. The Morgan fingerprint density at radius 1 is 0.931 bits per heavy atom. The third kappa shape index (κ3) is 6.88. The second kappa shape index (κ2) is 10.8. The molecule has 0 aromatic heterocycles. The number of hydrogen-bond acceptors (Lipinski definition) is 5. The average molecular weight is 396 g/mol. The van der Waals surface area contributed by atoms with E-state index in [1.807, 2.05) is 6.92 Å². The molecule has 0 saturated heterocycles. The summed E-state index contributed by atoms with van der Waals surface area (Å²) in [5.41, 5.74) is 1.37. The van der Waals surface area contributed by atoms with Crippen molar-refractivity contribution in [3.05, 3.63) is 65.7 Å². The number of esters is 1. The summed E-state index contributed by atoms with van der Waals surface area (Å²) in [6.45, 7) is 2.96. The smallest absolute Gasteiger partial charge is 0.328 e. The number of ketones is 1. The highest BCUT2D eigenvalue weighted by atomic mass is 16.5. The standard InChI is InChI=1S/C22H24N2O5/c1-3-7-20(26)24-18-12-10-16(11-13-18)19(25)14-29-22(28)15(2)23-21(27)17-8-5-4-6-9-17/h4-6,8-13,15H,3,7,14H2,1-2H3,(H,23,27)(H,24,26)/t15-/m0/s1. The van der Waals surface area contributed by atoms with E-state index >= 15 is 0 Å². The Hall–Kier alpha value is -3.48. The molecule has 0 fully saturated rings. The number of nitrogens with one attached hydrogen (secondary N) is 2. The third-order valence-corrected chi connectivity index (χ3v) is 4.05. The third-order valence-electron chi connectivity index (χ3n) is 4.05. The van der Waals surface area contributed by atoms with Crippen LogP contribution in [0.5, 0.6) is 0 Å². The first-order valence-corrected chi connectivity index (χ1v) is 9.36. The summed E-state index contributed by atoms with van der Waals surface area (Å²) in [4.78, 5) is 47.9. The lowest BCUT2D eigenvalue weighted by molar-refractivity contribution is -0.144. The lowest BCUT2D eigenvalue weighted by atomic mass is 10.1. The highest BCUT2D eigenvalue weighted by Crippen LogP contribution is 2.11. The van der Waals surface area contributed by atoms with Gasteiger partial charge in [-0.15, -0.1) is 0 Å². The zero-order valence-electron chi connectivity index (χ0n) is 16.4. The van der Waals surface area contributed by atoms with Crippen LogP contribution in [0.4, 0.5) is 5.69 Å². The Labute approximate surface area is 169 Å². The number of hydrogen-bond donors (Lipinski definition) is 2. The number of benzene rings is 2. The molecule has 2 aromatic rings. The van der Waals surface area contributed by atoms with E-state index in [-0.39, 0.29) is 11.7 Å². The van der Waals surface area contributed by atoms with Gasteiger partial charge in [-0.3, -0.25) is 14.4 Å². The summed E-state index contributed by atoms with van der Waals surface area (Å²) in [5, 5.41) is 5.26. The molecule has 1 atom stereocenters. The van der Waals surface area contributed by atoms with Crippen LogP contribution in [-0.4, -0.2) is 36.2 Å². The van der Waals surface area contributed by atoms with Crippen molar-refractivity contribution in [1.82, 2.24) is 5.32 Å². The Morgan fingerprint density at radius 3 is 2.21 bits per heavy atom. The number of rotatable bonds is 9. The van der Waals surface area contributed by atoms with Crippen molar-refractivity contribution in [1.29, 1.82) is 0 Å². The number of carbonyl (C=O) groups is 4. The molecule has 2 rings (SSSR count). The van der Waals surface area contributed by atoms with Crippen LogP contribution in [0, 0.1) is 0 Å². The van der Waals surface area contributed by atoms with Crippen LogP contribution in [0.15, 0.2) is 54.6 Å². The molecule has 0 radical (unpaired) electrons. The lowest BCUT2D eigenvalue weighted by Crippen LogP contribution is -2.40. The van der Waals surface area contributed by atoms with Gasteiger partial charge >= 0.3 is 5.97 Å². The van der Waals surface area contributed by atoms with Crippen molar-refractivity contribution in [3.63, 3.8) is 0 Å². The van der Waals surface area contributed by atoms with E-state index in [2.05, 4.69) is 10.6 Å². The molecule has 0 aliphatic rings. The number of anilines is 1. The highest BCUT2D eigenvalue weighted by molar-refractivity contribution is 6.00. The zero-order valence-corrected chi connectivity index (χ0v) is 16.4. The molecule has 2 amide bonds. The second-order valence-corrected chi connectivity index (χ2v) is 6.47. The summed E-state index contributed by atoms with van der Waals surface area (Å²) in [5.74, 6) is -1.58. The van der Waals surface area contributed by atoms with Crippen molar-refractivity contribution in [3.8, 4) is 0 Å². The summed E-state index contributed by atoms with van der Waals surface area (Å²) in [6.07, 6.45) is 1.17. The van der Waals surface area contributed by atoms with Crippen LogP contribution >= 0.6 is 0 Å². The van der Waals surface area contributed by atoms with Crippen LogP contribution in [0.2, 0.25) is 0 Å². The number of amides is 2. The van der Waals surface area contributed by atoms with Crippen LogP contribution in [0.3, 0.4) is 0 Å². The van der Waals surface area contributed by atoms with Gasteiger partial charge in [-0.25, -0.2) is 4.79 Å². The van der Waals surface area contributed by atoms with Crippen molar-refractivity contribution in [2.24, 2.45) is 0 Å². The van der Waals surface area contributed by atoms with Crippen molar-refractivity contribution in [2.75, 3.05) is 11.9 Å². The Bertz CT molecular complexity index is 863. The maximum atomic E-state index is 12.2. The molecule has 0 aliphatic heterocycles. The zero-order chi connectivity index (χ0) is 21.2. The first-order valence-electron chi connectivity index (χ1n) is 9.36. The molecule has 2 N–H and O–H groups in total. The van der Waals surface area contributed by atoms with Gasteiger partial charge in [-0.1, -0.05) is 25.1 Å². The summed E-state index contributed by atoms with van der Waals surface area (Å²) in [7, 11) is 0. The molecule has 0 spiro atoms. The van der Waals surface area contributed by atoms with Gasteiger partial charge in [0, 0.05) is 23.2 Å². The van der Waals surface area contributed by atoms with E-state index < -0.39 is 24.5 Å². The monoisotopic (exact) mass is 396 g/mol. The van der Waals surface area contributed by atoms with Gasteiger partial charge < -0.3 is 15.4 Å². The Kier molecular flexibility index (Phi) is 8.09. The van der Waals surface area contributed by atoms with Crippen molar-refractivity contribution >= 4 is 29.3 Å². The molecule has 7 nitrogen and oxygen atoms in total. The van der Waals surface area contributed by atoms with E-state index in [0.29, 0.717) is 23.2 Å². The fourth-order valence-electron chi connectivity index (χ4n) is 2.46. The number of carbonyl (C=O) groups excluding carboxylic acids is 4. The van der Waals surface area contributed by atoms with Crippen LogP contribution in [-0.2, 0) is 14.3 Å². The normalized spacial score (nSPS) is 11.2. The Morgan fingerprint density at radius 2 is 1.59 bits per heavy atom. The summed E-state index contributed by atoms with van der Waals surface area (Å²) >= 11 is 0. The molecule has 0 bridgehead atoms. The van der Waals surface area contributed by atoms with E-state index in [4.69, 9.17) is 4.74 Å². The average Bonchev–Trinajstić information content (AvgIpc) is 2.73. The highest BCUT2D eigenvalue weighted by Gasteiger charge is 2.19. The van der Waals surface area contributed by atoms with Crippen molar-refractivity contribution in [2.45, 2.75) is 32.7 Å². The van der Waals surface area contributed by atoms with Gasteiger partial charge in [0.1, 0.15) is 6.04 Å². The minimum atomic E-state index is -0.897. The quantitative estimate of drug-likeness (QED) is 0.501. The SMILES string of the molecule is CCCC(=O)Nc1ccc(C(=O)COC(=O)[C@H](C)NC(=O)c2ccccc2)cc1. The van der Waals surface area contributed by atoms with Crippen molar-refractivity contribution < 1.29 is 23.9 Å². The first kappa shape index (κ1) is 21.8. The van der Waals surface area contributed by atoms with Gasteiger partial charge in [-0.05, 0) is 49.7 Å². The summed E-state index contributed by atoms with van der Waals surface area (Å²) in [6, 6.07) is 13.9. The van der Waals surface area contributed by atoms with Gasteiger partial charge in [0.25, 0.3) is 5.91 Å². The fourth-order valence-corrected chi connectivity index (χ4v) is 2.46. The number of Topliss-reactive ketones (excluding diaryl/α,β-unsaturated/α-hetero) is 1. The molecule has 29 heavy (non-hydrogen) atoms. The largest absolute Gasteiger partial charge is 0.456 e. The van der Waals surface area contributed by atoms with Gasteiger partial charge in [0.2, 0.25) is 5.91 Å². The van der Waals surface area contributed by atoms with Gasteiger partial charge in [0.15, 0.2) is 12.4 Å². The molecule has 152 valence electrons. The summed E-state index contributed by atoms with van der Waals surface area (Å²) < 4.78 is 5.01. The molecule has 0 aliphatic carbocycles. The predicted octanol–water partition coefficient (Wildman–Crippen LogP) is 2.97. The Balaban J connectivity index is 1.82. The lowest BCUT2D eigenvalue weighted by Gasteiger charge is -2.13. The van der Waals surface area contributed by atoms with Crippen LogP contribution in [0.1, 0.15) is 47.4 Å². The molecule has 0 saturated carbocycles. The van der Waals surface area contributed by atoms with Crippen LogP contribution < -0.4 is 10.6 Å².